The second kappa shape index (κ2) is 11.2. The van der Waals surface area contributed by atoms with E-state index in [1.807, 2.05) is 77.4 Å². The topological polar surface area (TPSA) is 52.8 Å². The van der Waals surface area contributed by atoms with Crippen molar-refractivity contribution in [3.63, 3.8) is 0 Å². The van der Waals surface area contributed by atoms with Crippen molar-refractivity contribution in [2.75, 3.05) is 7.11 Å². The van der Waals surface area contributed by atoms with Gasteiger partial charge in [0.25, 0.3) is 5.56 Å². The zero-order valence-electron chi connectivity index (χ0n) is 22.9. The fourth-order valence-electron chi connectivity index (χ4n) is 5.80. The molecule has 2 aliphatic rings. The Balaban J connectivity index is 1.33. The average Bonchev–Trinajstić information content (AvgIpc) is 3.34. The van der Waals surface area contributed by atoms with Gasteiger partial charge in [-0.1, -0.05) is 90.2 Å². The lowest BCUT2D eigenvalue weighted by atomic mass is 9.83. The van der Waals surface area contributed by atoms with Gasteiger partial charge in [-0.05, 0) is 75.3 Å². The highest BCUT2D eigenvalue weighted by molar-refractivity contribution is 9.10. The highest BCUT2D eigenvalue weighted by Crippen LogP contribution is 2.43. The summed E-state index contributed by atoms with van der Waals surface area (Å²) in [5, 5.41) is 0. The monoisotopic (exact) mass is 634 g/mol. The van der Waals surface area contributed by atoms with Crippen LogP contribution < -0.4 is 24.4 Å². The van der Waals surface area contributed by atoms with Gasteiger partial charge in [-0.15, -0.1) is 0 Å². The molecule has 0 saturated heterocycles. The molecule has 7 heteroatoms. The summed E-state index contributed by atoms with van der Waals surface area (Å²) >= 11 is 5.08. The number of ether oxygens (including phenoxy) is 2. The number of hydrogen-bond donors (Lipinski definition) is 0. The van der Waals surface area contributed by atoms with Gasteiger partial charge < -0.3 is 9.47 Å². The number of methoxy groups -OCH3 is 1. The molecule has 5 aromatic rings. The zero-order valence-corrected chi connectivity index (χ0v) is 25.3. The molecule has 0 amide bonds. The van der Waals surface area contributed by atoms with Crippen molar-refractivity contribution in [1.29, 1.82) is 0 Å². The fraction of sp³-hybridized carbons (Fsp3) is 0.143. The Bertz CT molecular complexity index is 2030. The molecular formula is C35H27BrN2O3S. The summed E-state index contributed by atoms with van der Waals surface area (Å²) in [6.45, 7) is 0.480. The first-order valence-electron chi connectivity index (χ1n) is 13.8. The lowest BCUT2D eigenvalue weighted by Crippen LogP contribution is -2.39. The summed E-state index contributed by atoms with van der Waals surface area (Å²) in [6.07, 6.45) is 3.68. The molecule has 1 aliphatic carbocycles. The van der Waals surface area contributed by atoms with Crippen LogP contribution in [-0.4, -0.2) is 11.7 Å². The van der Waals surface area contributed by atoms with Gasteiger partial charge in [0.2, 0.25) is 0 Å². The second-order valence-corrected chi connectivity index (χ2v) is 12.2. The molecule has 0 spiro atoms. The van der Waals surface area contributed by atoms with Gasteiger partial charge in [0, 0.05) is 11.1 Å². The van der Waals surface area contributed by atoms with Gasteiger partial charge in [0.15, 0.2) is 4.80 Å². The zero-order chi connectivity index (χ0) is 28.6. The maximum absolute atomic E-state index is 14.1. The van der Waals surface area contributed by atoms with Gasteiger partial charge in [-0.2, -0.15) is 0 Å². The first-order chi connectivity index (χ1) is 20.6. The maximum atomic E-state index is 14.1. The summed E-state index contributed by atoms with van der Waals surface area (Å²) in [6, 6.07) is 32.1. The van der Waals surface area contributed by atoms with Crippen LogP contribution in [-0.2, 0) is 13.0 Å². The minimum atomic E-state index is -0.289. The molecule has 0 unspecified atom stereocenters. The third-order valence-corrected chi connectivity index (χ3v) is 9.40. The van der Waals surface area contributed by atoms with E-state index >= 15 is 0 Å². The van der Waals surface area contributed by atoms with E-state index in [1.54, 1.807) is 7.11 Å². The van der Waals surface area contributed by atoms with E-state index in [0.717, 1.165) is 62.3 Å². The Morgan fingerprint density at radius 3 is 2.57 bits per heavy atom. The normalized spacial score (nSPS) is 15.9. The molecule has 0 saturated carbocycles. The van der Waals surface area contributed by atoms with Crippen molar-refractivity contribution in [3.05, 3.63) is 155 Å². The molecule has 5 nitrogen and oxygen atoms in total. The van der Waals surface area contributed by atoms with E-state index in [-0.39, 0.29) is 11.6 Å². The Morgan fingerprint density at radius 2 is 1.74 bits per heavy atom. The number of halogens is 1. The Kier molecular flexibility index (Phi) is 7.14. The number of para-hydroxylation sites is 1. The van der Waals surface area contributed by atoms with E-state index in [0.29, 0.717) is 15.9 Å². The van der Waals surface area contributed by atoms with Crippen LogP contribution in [0.25, 0.3) is 11.8 Å². The van der Waals surface area contributed by atoms with Crippen LogP contribution in [0.4, 0.5) is 0 Å². The first-order valence-corrected chi connectivity index (χ1v) is 15.4. The molecule has 0 bridgehead atoms. The summed E-state index contributed by atoms with van der Waals surface area (Å²) in [5.74, 6) is 1.51. The predicted molar refractivity (Wildman–Crippen MR) is 171 cm³/mol. The van der Waals surface area contributed by atoms with Crippen LogP contribution in [0.2, 0.25) is 0 Å². The average molecular weight is 636 g/mol. The minimum Gasteiger partial charge on any atom is -0.496 e. The summed E-state index contributed by atoms with van der Waals surface area (Å²) in [5.41, 5.74) is 7.48. The van der Waals surface area contributed by atoms with Crippen LogP contribution in [0.1, 0.15) is 40.3 Å². The molecule has 42 heavy (non-hydrogen) atoms. The molecule has 4 aromatic carbocycles. The lowest BCUT2D eigenvalue weighted by Gasteiger charge is -2.31. The maximum Gasteiger partial charge on any atom is 0.271 e. The highest BCUT2D eigenvalue weighted by Gasteiger charge is 2.33. The van der Waals surface area contributed by atoms with Crippen LogP contribution in [0.15, 0.2) is 117 Å². The molecule has 0 fully saturated rings. The minimum absolute atomic E-state index is 0.0550. The smallest absolute Gasteiger partial charge is 0.271 e. The third-order valence-electron chi connectivity index (χ3n) is 7.80. The number of allylic oxidation sites excluding steroid dienone is 1. The Morgan fingerprint density at radius 1 is 0.952 bits per heavy atom. The van der Waals surface area contributed by atoms with Crippen molar-refractivity contribution in [2.24, 2.45) is 4.99 Å². The molecular weight excluding hydrogens is 608 g/mol. The first kappa shape index (κ1) is 26.7. The van der Waals surface area contributed by atoms with Gasteiger partial charge in [0.05, 0.1) is 27.9 Å². The Hall–Kier alpha value is -4.20. The largest absolute Gasteiger partial charge is 0.496 e. The molecule has 0 N–H and O–H groups in total. The van der Waals surface area contributed by atoms with E-state index in [9.17, 15) is 4.79 Å². The number of thiazole rings is 1. The number of hydrogen-bond acceptors (Lipinski definition) is 5. The number of aryl methyl sites for hydroxylation is 1. The summed E-state index contributed by atoms with van der Waals surface area (Å²) in [4.78, 5) is 19.9. The van der Waals surface area contributed by atoms with Crippen LogP contribution in [0, 0.1) is 0 Å². The van der Waals surface area contributed by atoms with E-state index in [4.69, 9.17) is 14.5 Å². The summed E-state index contributed by atoms with van der Waals surface area (Å²) < 4.78 is 15.1. The van der Waals surface area contributed by atoms with Crippen molar-refractivity contribution in [3.8, 4) is 11.5 Å². The Labute approximate surface area is 255 Å². The standard InChI is InChI=1S/C35H27BrN2O3S/c1-40-29-14-8-7-13-26(29)33-27-17-16-24-11-5-6-12-25(24)32(27)37-35-38(33)34(39)31(42-35)20-23-15-18-30(28(36)19-23)41-21-22-9-3-2-4-10-22/h2-15,18-20,33H,16-17,21H2,1H3/b31-20+/t33-/m1/s1. The van der Waals surface area contributed by atoms with Crippen LogP contribution >= 0.6 is 27.3 Å². The molecule has 2 heterocycles. The van der Waals surface area contributed by atoms with Gasteiger partial charge >= 0.3 is 0 Å². The number of nitrogens with zero attached hydrogens (tertiary/aromatic N) is 2. The molecule has 0 radical (unpaired) electrons. The van der Waals surface area contributed by atoms with Gasteiger partial charge in [-0.3, -0.25) is 9.36 Å². The van der Waals surface area contributed by atoms with E-state index in [1.165, 1.54) is 16.9 Å². The number of fused-ring (bicyclic) bond motifs is 3. The SMILES string of the molecule is COc1ccccc1[C@@H]1C2=C(N=c3s/c(=C/c4ccc(OCc5ccccc5)c(Br)c4)c(=O)n31)c1ccccc1CC2. The van der Waals surface area contributed by atoms with Crippen molar-refractivity contribution in [1.82, 2.24) is 4.57 Å². The number of aromatic nitrogens is 1. The fourth-order valence-corrected chi connectivity index (χ4v) is 7.31. The molecule has 208 valence electrons. The van der Waals surface area contributed by atoms with Crippen molar-refractivity contribution >= 4 is 39.0 Å². The van der Waals surface area contributed by atoms with Crippen molar-refractivity contribution < 1.29 is 9.47 Å². The highest BCUT2D eigenvalue weighted by atomic mass is 79.9. The third kappa shape index (κ3) is 4.82. The van der Waals surface area contributed by atoms with Crippen molar-refractivity contribution in [2.45, 2.75) is 25.5 Å². The predicted octanol–water partition coefficient (Wildman–Crippen LogP) is 6.67. The van der Waals surface area contributed by atoms with Crippen LogP contribution in [0.5, 0.6) is 11.5 Å². The van der Waals surface area contributed by atoms with Gasteiger partial charge in [0.1, 0.15) is 18.1 Å². The quantitative estimate of drug-likeness (QED) is 0.210. The molecule has 1 aromatic heterocycles. The number of rotatable bonds is 6. The molecule has 7 rings (SSSR count). The van der Waals surface area contributed by atoms with E-state index < -0.39 is 0 Å². The number of benzene rings is 4. The van der Waals surface area contributed by atoms with Gasteiger partial charge in [-0.25, -0.2) is 4.99 Å². The molecule has 1 aliphatic heterocycles. The summed E-state index contributed by atoms with van der Waals surface area (Å²) in [7, 11) is 1.68. The van der Waals surface area contributed by atoms with Crippen LogP contribution in [0.3, 0.4) is 0 Å². The second-order valence-electron chi connectivity index (χ2n) is 10.3. The van der Waals surface area contributed by atoms with E-state index in [2.05, 4.69) is 46.3 Å². The lowest BCUT2D eigenvalue weighted by molar-refractivity contribution is 0.304. The molecule has 1 atom stereocenters.